The normalized spacial score (nSPS) is 31.1. The van der Waals surface area contributed by atoms with E-state index in [-0.39, 0.29) is 18.0 Å². The average Bonchev–Trinajstić information content (AvgIpc) is 2.86. The number of carboxylic acid groups (broad SMARTS) is 1. The van der Waals surface area contributed by atoms with Crippen molar-refractivity contribution in [1.82, 2.24) is 10.2 Å². The Morgan fingerprint density at radius 1 is 1.47 bits per heavy atom. The molecule has 0 aromatic heterocycles. The van der Waals surface area contributed by atoms with Crippen molar-refractivity contribution in [1.29, 1.82) is 0 Å². The number of rotatable bonds is 4. The summed E-state index contributed by atoms with van der Waals surface area (Å²) in [5.74, 6) is -0.408. The van der Waals surface area contributed by atoms with Crippen LogP contribution in [0, 0.1) is 11.8 Å². The van der Waals surface area contributed by atoms with Gasteiger partial charge in [0.25, 0.3) is 0 Å². The first-order chi connectivity index (χ1) is 9.04. The lowest BCUT2D eigenvalue weighted by Crippen LogP contribution is -2.50. The Kier molecular flexibility index (Phi) is 4.29. The van der Waals surface area contributed by atoms with Crippen LogP contribution in [0.3, 0.4) is 0 Å². The number of ether oxygens (including phenoxy) is 1. The highest BCUT2D eigenvalue weighted by atomic mass is 16.5. The molecule has 2 amide bonds. The molecule has 6 nitrogen and oxygen atoms in total. The van der Waals surface area contributed by atoms with Gasteiger partial charge < -0.3 is 20.1 Å². The predicted molar refractivity (Wildman–Crippen MR) is 68.8 cm³/mol. The number of hydrogen-bond donors (Lipinski definition) is 2. The zero-order valence-electron chi connectivity index (χ0n) is 11.5. The molecule has 1 saturated heterocycles. The molecule has 2 aliphatic rings. The summed E-state index contributed by atoms with van der Waals surface area (Å²) in [5, 5.41) is 12.2. The zero-order chi connectivity index (χ0) is 14.0. The molecule has 4 unspecified atom stereocenters. The Labute approximate surface area is 113 Å². The quantitative estimate of drug-likeness (QED) is 0.796. The Balaban J connectivity index is 2.02. The summed E-state index contributed by atoms with van der Waals surface area (Å²) in [6, 6.07) is -1.07. The highest BCUT2D eigenvalue weighted by Gasteiger charge is 2.49. The Bertz CT molecular complexity index is 361. The number of carbonyl (C=O) groups excluding carboxylic acids is 1. The van der Waals surface area contributed by atoms with Gasteiger partial charge in [0, 0.05) is 13.7 Å². The summed E-state index contributed by atoms with van der Waals surface area (Å²) >= 11 is 0. The van der Waals surface area contributed by atoms with E-state index in [1.165, 1.54) is 4.90 Å². The Hall–Kier alpha value is -1.30. The molecular formula is C13H22N2O4. The van der Waals surface area contributed by atoms with Crippen molar-refractivity contribution in [2.75, 3.05) is 20.3 Å². The molecule has 0 bridgehead atoms. The molecule has 0 spiro atoms. The third-order valence-corrected chi connectivity index (χ3v) is 4.19. The number of nitrogens with zero attached hydrogens (tertiary/aromatic N) is 1. The van der Waals surface area contributed by atoms with E-state index < -0.39 is 12.0 Å². The monoisotopic (exact) mass is 270 g/mol. The van der Waals surface area contributed by atoms with Crippen molar-refractivity contribution in [2.45, 2.75) is 38.3 Å². The van der Waals surface area contributed by atoms with Gasteiger partial charge in [0.15, 0.2) is 0 Å². The van der Waals surface area contributed by atoms with Gasteiger partial charge in [0.05, 0.1) is 12.6 Å². The van der Waals surface area contributed by atoms with Crippen LogP contribution in [0.15, 0.2) is 0 Å². The first kappa shape index (κ1) is 14.1. The summed E-state index contributed by atoms with van der Waals surface area (Å²) < 4.78 is 4.97. The van der Waals surface area contributed by atoms with Crippen LogP contribution in [0.4, 0.5) is 4.79 Å². The van der Waals surface area contributed by atoms with Crippen LogP contribution < -0.4 is 5.32 Å². The van der Waals surface area contributed by atoms with Crippen LogP contribution in [0.5, 0.6) is 0 Å². The average molecular weight is 270 g/mol. The molecule has 1 saturated carbocycles. The molecule has 1 aliphatic carbocycles. The first-order valence-electron chi connectivity index (χ1n) is 6.83. The van der Waals surface area contributed by atoms with E-state index in [1.54, 1.807) is 7.11 Å². The number of methoxy groups -OCH3 is 1. The molecule has 2 N–H and O–H groups in total. The number of fused-ring (bicyclic) bond motifs is 1. The molecule has 19 heavy (non-hydrogen) atoms. The van der Waals surface area contributed by atoms with Crippen molar-refractivity contribution >= 4 is 12.0 Å². The third-order valence-electron chi connectivity index (χ3n) is 4.19. The van der Waals surface area contributed by atoms with Gasteiger partial charge in [0.1, 0.15) is 6.04 Å². The van der Waals surface area contributed by atoms with Gasteiger partial charge >= 0.3 is 12.0 Å². The predicted octanol–water partition coefficient (Wildman–Crippen LogP) is 0.916. The summed E-state index contributed by atoms with van der Waals surface area (Å²) in [5.41, 5.74) is 0. The number of aliphatic carboxylic acids is 1. The molecule has 0 radical (unpaired) electrons. The van der Waals surface area contributed by atoms with E-state index in [4.69, 9.17) is 4.74 Å². The van der Waals surface area contributed by atoms with Gasteiger partial charge in [-0.3, -0.25) is 0 Å². The van der Waals surface area contributed by atoms with Gasteiger partial charge in [-0.2, -0.15) is 0 Å². The molecule has 6 heteroatoms. The van der Waals surface area contributed by atoms with Crippen molar-refractivity contribution in [3.63, 3.8) is 0 Å². The lowest BCUT2D eigenvalue weighted by atomic mass is 9.94. The standard InChI is InChI=1S/C13H22N2O4/c1-8(7-19-2)14-13(18)15-6-9-4-3-5-10(9)11(15)12(16)17/h8-11H,3-7H2,1-2H3,(H,14,18)(H,16,17). The van der Waals surface area contributed by atoms with Crippen LogP contribution >= 0.6 is 0 Å². The minimum Gasteiger partial charge on any atom is -0.480 e. The molecule has 0 aromatic rings. The van der Waals surface area contributed by atoms with Crippen molar-refractivity contribution in [3.8, 4) is 0 Å². The number of amides is 2. The van der Waals surface area contributed by atoms with Crippen LogP contribution in [0.2, 0.25) is 0 Å². The second-order valence-corrected chi connectivity index (χ2v) is 5.60. The fourth-order valence-corrected chi connectivity index (χ4v) is 3.42. The van der Waals surface area contributed by atoms with E-state index in [9.17, 15) is 14.7 Å². The lowest BCUT2D eigenvalue weighted by Gasteiger charge is -2.26. The molecule has 108 valence electrons. The molecule has 0 aromatic carbocycles. The van der Waals surface area contributed by atoms with Gasteiger partial charge in [-0.05, 0) is 31.6 Å². The second-order valence-electron chi connectivity index (χ2n) is 5.60. The Morgan fingerprint density at radius 3 is 2.84 bits per heavy atom. The first-order valence-corrected chi connectivity index (χ1v) is 6.83. The van der Waals surface area contributed by atoms with E-state index >= 15 is 0 Å². The number of urea groups is 1. The topological polar surface area (TPSA) is 78.9 Å². The maximum absolute atomic E-state index is 12.2. The van der Waals surface area contributed by atoms with Crippen LogP contribution in [0.1, 0.15) is 26.2 Å². The van der Waals surface area contributed by atoms with Gasteiger partial charge in [-0.25, -0.2) is 9.59 Å². The maximum Gasteiger partial charge on any atom is 0.326 e. The molecule has 4 atom stereocenters. The van der Waals surface area contributed by atoms with E-state index in [2.05, 4.69) is 5.32 Å². The highest BCUT2D eigenvalue weighted by molar-refractivity contribution is 5.84. The summed E-state index contributed by atoms with van der Waals surface area (Å²) in [4.78, 5) is 25.1. The summed E-state index contributed by atoms with van der Waals surface area (Å²) in [6.07, 6.45) is 3.03. The molecule has 1 heterocycles. The minimum atomic E-state index is -0.885. The molecule has 2 rings (SSSR count). The minimum absolute atomic E-state index is 0.118. The van der Waals surface area contributed by atoms with E-state index in [0.29, 0.717) is 19.1 Å². The molecule has 1 aliphatic heterocycles. The number of carbonyl (C=O) groups is 2. The summed E-state index contributed by atoms with van der Waals surface area (Å²) in [7, 11) is 1.57. The largest absolute Gasteiger partial charge is 0.480 e. The maximum atomic E-state index is 12.2. The molecular weight excluding hydrogens is 248 g/mol. The third kappa shape index (κ3) is 2.83. The number of nitrogens with one attached hydrogen (secondary N) is 1. The van der Waals surface area contributed by atoms with Gasteiger partial charge in [-0.15, -0.1) is 0 Å². The smallest absolute Gasteiger partial charge is 0.326 e. The van der Waals surface area contributed by atoms with Gasteiger partial charge in [0.2, 0.25) is 0 Å². The highest BCUT2D eigenvalue weighted by Crippen LogP contribution is 2.42. The SMILES string of the molecule is COCC(C)NC(=O)N1CC2CCCC2C1C(=O)O. The van der Waals surface area contributed by atoms with Crippen molar-refractivity contribution in [2.24, 2.45) is 11.8 Å². The fraction of sp³-hybridized carbons (Fsp3) is 0.846. The Morgan fingerprint density at radius 2 is 2.21 bits per heavy atom. The second kappa shape index (κ2) is 5.77. The zero-order valence-corrected chi connectivity index (χ0v) is 11.5. The number of hydrogen-bond acceptors (Lipinski definition) is 3. The van der Waals surface area contributed by atoms with Crippen LogP contribution in [-0.4, -0.2) is 54.4 Å². The van der Waals surface area contributed by atoms with E-state index in [1.807, 2.05) is 6.92 Å². The van der Waals surface area contributed by atoms with Crippen LogP contribution in [0.25, 0.3) is 0 Å². The lowest BCUT2D eigenvalue weighted by molar-refractivity contribution is -0.142. The van der Waals surface area contributed by atoms with Crippen molar-refractivity contribution < 1.29 is 19.4 Å². The van der Waals surface area contributed by atoms with Gasteiger partial charge in [-0.1, -0.05) is 6.42 Å². The summed E-state index contributed by atoms with van der Waals surface area (Å²) in [6.45, 7) is 2.82. The fourth-order valence-electron chi connectivity index (χ4n) is 3.42. The van der Waals surface area contributed by atoms with E-state index in [0.717, 1.165) is 19.3 Å². The number of carboxylic acids is 1. The van der Waals surface area contributed by atoms with Crippen molar-refractivity contribution in [3.05, 3.63) is 0 Å². The number of likely N-dealkylation sites (tertiary alicyclic amines) is 1. The van der Waals surface area contributed by atoms with Crippen LogP contribution in [-0.2, 0) is 9.53 Å². The molecule has 2 fully saturated rings.